The summed E-state index contributed by atoms with van der Waals surface area (Å²) in [6, 6.07) is 15.9. The highest BCUT2D eigenvalue weighted by Crippen LogP contribution is 2.24. The van der Waals surface area contributed by atoms with Gasteiger partial charge in [-0.05, 0) is 30.3 Å². The van der Waals surface area contributed by atoms with Gasteiger partial charge in [0.1, 0.15) is 5.65 Å². The zero-order valence-corrected chi connectivity index (χ0v) is 11.7. The lowest BCUT2D eigenvalue weighted by molar-refractivity contribution is 1.16. The third kappa shape index (κ3) is 2.29. The van der Waals surface area contributed by atoms with Crippen molar-refractivity contribution in [1.29, 1.82) is 0 Å². The first-order valence-corrected chi connectivity index (χ1v) is 6.97. The van der Waals surface area contributed by atoms with Crippen LogP contribution in [0.2, 0.25) is 0 Å². The molecular weight excluding hydrogens is 274 g/mol. The Morgan fingerprint density at radius 1 is 0.864 bits per heavy atom. The van der Waals surface area contributed by atoms with Crippen molar-refractivity contribution >= 4 is 17.3 Å². The van der Waals surface area contributed by atoms with Crippen LogP contribution in [-0.2, 0) is 0 Å². The number of hydrogen-bond acceptors (Lipinski definition) is 4. The molecule has 3 heterocycles. The summed E-state index contributed by atoms with van der Waals surface area (Å²) in [7, 11) is 0. The molecule has 1 N–H and O–H groups in total. The van der Waals surface area contributed by atoms with E-state index < -0.39 is 0 Å². The molecule has 22 heavy (non-hydrogen) atoms. The van der Waals surface area contributed by atoms with Gasteiger partial charge in [-0.1, -0.05) is 18.2 Å². The van der Waals surface area contributed by atoms with Gasteiger partial charge in [0.2, 0.25) is 5.95 Å². The minimum Gasteiger partial charge on any atom is -0.324 e. The quantitative estimate of drug-likeness (QED) is 0.626. The van der Waals surface area contributed by atoms with E-state index in [0.717, 1.165) is 22.6 Å². The van der Waals surface area contributed by atoms with E-state index in [9.17, 15) is 0 Å². The van der Waals surface area contributed by atoms with E-state index in [1.54, 1.807) is 18.5 Å². The van der Waals surface area contributed by atoms with E-state index in [0.29, 0.717) is 5.95 Å². The number of pyridine rings is 1. The van der Waals surface area contributed by atoms with Crippen molar-refractivity contribution in [2.24, 2.45) is 0 Å². The van der Waals surface area contributed by atoms with Gasteiger partial charge in [0.05, 0.1) is 11.9 Å². The molecule has 0 saturated heterocycles. The average Bonchev–Trinajstić information content (AvgIpc) is 3.00. The molecule has 0 radical (unpaired) electrons. The molecule has 0 fully saturated rings. The van der Waals surface area contributed by atoms with E-state index >= 15 is 0 Å². The fourth-order valence-electron chi connectivity index (χ4n) is 2.40. The minimum absolute atomic E-state index is 0.581. The fraction of sp³-hybridized carbons (Fsp3) is 0. The molecule has 0 aliphatic carbocycles. The van der Waals surface area contributed by atoms with Crippen molar-refractivity contribution in [2.75, 3.05) is 5.32 Å². The molecule has 5 nitrogen and oxygen atoms in total. The lowest BCUT2D eigenvalue weighted by Gasteiger charge is -2.07. The second-order valence-electron chi connectivity index (χ2n) is 4.85. The first kappa shape index (κ1) is 12.5. The molecule has 0 aliphatic heterocycles. The van der Waals surface area contributed by atoms with Gasteiger partial charge in [-0.25, -0.2) is 15.0 Å². The van der Waals surface area contributed by atoms with Crippen molar-refractivity contribution < 1.29 is 0 Å². The van der Waals surface area contributed by atoms with Gasteiger partial charge < -0.3 is 5.32 Å². The monoisotopic (exact) mass is 287 g/mol. The standard InChI is InChI=1S/C17H13N5/c1-2-10-22-15(12-20-16(22)7-1)13-5-3-6-14(11-13)21-17-18-8-4-9-19-17/h1-12H,(H,18,19,21). The van der Waals surface area contributed by atoms with E-state index in [4.69, 9.17) is 0 Å². The molecule has 4 aromatic rings. The van der Waals surface area contributed by atoms with Crippen LogP contribution in [0.25, 0.3) is 16.9 Å². The highest BCUT2D eigenvalue weighted by Gasteiger charge is 2.06. The van der Waals surface area contributed by atoms with Crippen LogP contribution in [0.3, 0.4) is 0 Å². The van der Waals surface area contributed by atoms with Gasteiger partial charge in [0.15, 0.2) is 0 Å². The normalized spacial score (nSPS) is 10.7. The molecule has 106 valence electrons. The number of hydrogen-bond donors (Lipinski definition) is 1. The second-order valence-corrected chi connectivity index (χ2v) is 4.85. The van der Waals surface area contributed by atoms with Gasteiger partial charge in [-0.2, -0.15) is 0 Å². The van der Waals surface area contributed by atoms with Crippen LogP contribution in [0.15, 0.2) is 73.3 Å². The Hall–Kier alpha value is -3.21. The van der Waals surface area contributed by atoms with Crippen molar-refractivity contribution in [2.45, 2.75) is 0 Å². The van der Waals surface area contributed by atoms with E-state index in [1.807, 2.05) is 42.7 Å². The van der Waals surface area contributed by atoms with E-state index in [2.05, 4.69) is 36.8 Å². The molecule has 3 aromatic heterocycles. The van der Waals surface area contributed by atoms with Crippen LogP contribution in [0.1, 0.15) is 0 Å². The van der Waals surface area contributed by atoms with Crippen LogP contribution >= 0.6 is 0 Å². The summed E-state index contributed by atoms with van der Waals surface area (Å²) >= 11 is 0. The average molecular weight is 287 g/mol. The Balaban J connectivity index is 1.73. The van der Waals surface area contributed by atoms with Crippen LogP contribution in [0.5, 0.6) is 0 Å². The van der Waals surface area contributed by atoms with E-state index in [1.165, 1.54) is 0 Å². The summed E-state index contributed by atoms with van der Waals surface area (Å²) < 4.78 is 2.07. The summed E-state index contributed by atoms with van der Waals surface area (Å²) in [4.78, 5) is 12.8. The fourth-order valence-corrected chi connectivity index (χ4v) is 2.40. The maximum atomic E-state index is 4.43. The number of nitrogens with zero attached hydrogens (tertiary/aromatic N) is 4. The van der Waals surface area contributed by atoms with Crippen LogP contribution in [0, 0.1) is 0 Å². The first-order chi connectivity index (χ1) is 10.9. The summed E-state index contributed by atoms with van der Waals surface area (Å²) in [6.45, 7) is 0. The maximum absolute atomic E-state index is 4.43. The van der Waals surface area contributed by atoms with Crippen molar-refractivity contribution in [3.05, 3.63) is 73.3 Å². The second kappa shape index (κ2) is 5.29. The van der Waals surface area contributed by atoms with Gasteiger partial charge in [0, 0.05) is 29.8 Å². The summed E-state index contributed by atoms with van der Waals surface area (Å²) in [6.07, 6.45) is 7.32. The van der Waals surface area contributed by atoms with Crippen molar-refractivity contribution in [3.8, 4) is 11.3 Å². The largest absolute Gasteiger partial charge is 0.324 e. The Morgan fingerprint density at radius 2 is 1.77 bits per heavy atom. The van der Waals surface area contributed by atoms with Crippen LogP contribution in [0.4, 0.5) is 11.6 Å². The summed E-state index contributed by atoms with van der Waals surface area (Å²) in [5.74, 6) is 0.581. The number of imidazole rings is 1. The van der Waals surface area contributed by atoms with Crippen LogP contribution < -0.4 is 5.32 Å². The molecule has 0 spiro atoms. The number of anilines is 2. The molecule has 0 amide bonds. The zero-order valence-electron chi connectivity index (χ0n) is 11.7. The topological polar surface area (TPSA) is 55.1 Å². The van der Waals surface area contributed by atoms with Gasteiger partial charge in [0.25, 0.3) is 0 Å². The predicted octanol–water partition coefficient (Wildman–Crippen LogP) is 3.53. The Bertz CT molecular complexity index is 914. The molecule has 5 heteroatoms. The number of benzene rings is 1. The molecule has 0 saturated carbocycles. The molecule has 0 atom stereocenters. The van der Waals surface area contributed by atoms with Gasteiger partial charge >= 0.3 is 0 Å². The molecular formula is C17H13N5. The highest BCUT2D eigenvalue weighted by atomic mass is 15.1. The Labute approximate surface area is 127 Å². The third-order valence-electron chi connectivity index (χ3n) is 3.40. The molecule has 0 bridgehead atoms. The highest BCUT2D eigenvalue weighted by molar-refractivity contribution is 5.69. The van der Waals surface area contributed by atoms with Crippen molar-refractivity contribution in [3.63, 3.8) is 0 Å². The molecule has 4 rings (SSSR count). The van der Waals surface area contributed by atoms with Crippen molar-refractivity contribution in [1.82, 2.24) is 19.4 Å². The van der Waals surface area contributed by atoms with Gasteiger partial charge in [-0.3, -0.25) is 4.40 Å². The Kier molecular flexibility index (Phi) is 3.01. The number of nitrogens with one attached hydrogen (secondary N) is 1. The molecule has 1 aromatic carbocycles. The number of fused-ring (bicyclic) bond motifs is 1. The minimum atomic E-state index is 0.581. The first-order valence-electron chi connectivity index (χ1n) is 6.97. The number of aromatic nitrogens is 4. The lowest BCUT2D eigenvalue weighted by atomic mass is 10.1. The molecule has 0 unspecified atom stereocenters. The predicted molar refractivity (Wildman–Crippen MR) is 85.9 cm³/mol. The maximum Gasteiger partial charge on any atom is 0.227 e. The van der Waals surface area contributed by atoms with Crippen LogP contribution in [-0.4, -0.2) is 19.4 Å². The number of rotatable bonds is 3. The van der Waals surface area contributed by atoms with Gasteiger partial charge in [-0.15, -0.1) is 0 Å². The summed E-state index contributed by atoms with van der Waals surface area (Å²) in [5, 5.41) is 3.20. The summed E-state index contributed by atoms with van der Waals surface area (Å²) in [5.41, 5.74) is 4.00. The SMILES string of the molecule is c1cnc(Nc2cccc(-c3cnc4ccccn34)c2)nc1. The Morgan fingerprint density at radius 3 is 2.68 bits per heavy atom. The lowest BCUT2D eigenvalue weighted by Crippen LogP contribution is -1.96. The zero-order chi connectivity index (χ0) is 14.8. The molecule has 0 aliphatic rings. The third-order valence-corrected chi connectivity index (χ3v) is 3.40. The van der Waals surface area contributed by atoms with E-state index in [-0.39, 0.29) is 0 Å². The smallest absolute Gasteiger partial charge is 0.227 e.